The highest BCUT2D eigenvalue weighted by Gasteiger charge is 2.20. The normalized spacial score (nSPS) is 21.2. The van der Waals surface area contributed by atoms with Crippen LogP contribution in [0.15, 0.2) is 70.7 Å². The SMILES string of the molecule is C1=NN(c2ncccn2)CC2=C1CNC2.CC.CC1CCCCCO1.FC1=CCC=C(F)C=C1. The minimum atomic E-state index is -0.376. The van der Waals surface area contributed by atoms with Crippen molar-refractivity contribution in [3.05, 3.63) is 65.6 Å². The molecule has 1 fully saturated rings. The third-order valence-electron chi connectivity index (χ3n) is 5.27. The molecule has 8 heteroatoms. The number of hydrazone groups is 1. The Morgan fingerprint density at radius 1 is 1.00 bits per heavy atom. The fraction of sp³-hybridized carbons (Fsp3) is 0.500. The number of ether oxygens (including phenoxy) is 1. The van der Waals surface area contributed by atoms with Gasteiger partial charge in [-0.15, -0.1) is 0 Å². The highest BCUT2D eigenvalue weighted by Crippen LogP contribution is 2.18. The summed E-state index contributed by atoms with van der Waals surface area (Å²) in [5, 5.41) is 9.46. The fourth-order valence-electron chi connectivity index (χ4n) is 3.45. The molecule has 5 rings (SSSR count). The van der Waals surface area contributed by atoms with Crippen molar-refractivity contribution in [2.24, 2.45) is 5.10 Å². The fourth-order valence-corrected chi connectivity index (χ4v) is 3.45. The molecule has 34 heavy (non-hydrogen) atoms. The summed E-state index contributed by atoms with van der Waals surface area (Å²) in [7, 11) is 0. The lowest BCUT2D eigenvalue weighted by molar-refractivity contribution is 0.0722. The molecule has 1 atom stereocenters. The van der Waals surface area contributed by atoms with Crippen LogP contribution in [-0.4, -0.2) is 48.5 Å². The van der Waals surface area contributed by atoms with Gasteiger partial charge in [-0.05, 0) is 67.7 Å². The zero-order valence-electron chi connectivity index (χ0n) is 20.5. The smallest absolute Gasteiger partial charge is 0.246 e. The van der Waals surface area contributed by atoms with E-state index in [1.54, 1.807) is 18.5 Å². The quantitative estimate of drug-likeness (QED) is 0.556. The number of anilines is 1. The van der Waals surface area contributed by atoms with E-state index in [9.17, 15) is 8.78 Å². The van der Waals surface area contributed by atoms with Crippen molar-refractivity contribution in [2.75, 3.05) is 31.3 Å². The van der Waals surface area contributed by atoms with Gasteiger partial charge in [-0.25, -0.2) is 23.8 Å². The number of nitrogens with zero attached hydrogens (tertiary/aromatic N) is 4. The average Bonchev–Trinajstić information content (AvgIpc) is 3.10. The second kappa shape index (κ2) is 16.0. The minimum Gasteiger partial charge on any atom is -0.379 e. The highest BCUT2D eigenvalue weighted by molar-refractivity contribution is 5.83. The Kier molecular flexibility index (Phi) is 13.0. The number of aromatic nitrogens is 2. The molecule has 1 aromatic rings. The van der Waals surface area contributed by atoms with Gasteiger partial charge >= 0.3 is 0 Å². The van der Waals surface area contributed by atoms with Gasteiger partial charge < -0.3 is 10.1 Å². The van der Waals surface area contributed by atoms with Crippen molar-refractivity contribution in [1.29, 1.82) is 0 Å². The van der Waals surface area contributed by atoms with Crippen LogP contribution in [0.1, 0.15) is 52.9 Å². The number of hydrogen-bond acceptors (Lipinski definition) is 6. The van der Waals surface area contributed by atoms with Crippen molar-refractivity contribution in [1.82, 2.24) is 15.3 Å². The zero-order valence-corrected chi connectivity index (χ0v) is 20.5. The van der Waals surface area contributed by atoms with Gasteiger partial charge in [0, 0.05) is 32.1 Å². The molecule has 1 aliphatic carbocycles. The van der Waals surface area contributed by atoms with Crippen LogP contribution in [0, 0.1) is 0 Å². The Labute approximate surface area is 202 Å². The molecule has 4 heterocycles. The largest absolute Gasteiger partial charge is 0.379 e. The third-order valence-corrected chi connectivity index (χ3v) is 5.27. The van der Waals surface area contributed by atoms with Crippen LogP contribution in [0.25, 0.3) is 0 Å². The molecule has 1 aromatic heterocycles. The Hall–Kier alpha value is -2.71. The van der Waals surface area contributed by atoms with Gasteiger partial charge in [0.2, 0.25) is 5.95 Å². The summed E-state index contributed by atoms with van der Waals surface area (Å²) in [5.74, 6) is -0.0926. The van der Waals surface area contributed by atoms with Crippen LogP contribution in [0.5, 0.6) is 0 Å². The summed E-state index contributed by atoms with van der Waals surface area (Å²) < 4.78 is 29.8. The van der Waals surface area contributed by atoms with Gasteiger partial charge in [0.25, 0.3) is 0 Å². The monoisotopic (exact) mass is 473 g/mol. The molecule has 0 amide bonds. The number of nitrogens with one attached hydrogen (secondary N) is 1. The van der Waals surface area contributed by atoms with Gasteiger partial charge in [0.1, 0.15) is 11.7 Å². The van der Waals surface area contributed by atoms with Crippen LogP contribution in [0.2, 0.25) is 0 Å². The van der Waals surface area contributed by atoms with Crippen molar-refractivity contribution >= 4 is 12.2 Å². The van der Waals surface area contributed by atoms with Gasteiger partial charge in [-0.2, -0.15) is 5.10 Å². The average molecular weight is 474 g/mol. The molecule has 1 unspecified atom stereocenters. The van der Waals surface area contributed by atoms with E-state index in [1.807, 2.05) is 25.1 Å². The maximum atomic E-state index is 12.2. The van der Waals surface area contributed by atoms with E-state index < -0.39 is 0 Å². The summed E-state index contributed by atoms with van der Waals surface area (Å²) >= 11 is 0. The van der Waals surface area contributed by atoms with Crippen molar-refractivity contribution in [3.8, 4) is 0 Å². The van der Waals surface area contributed by atoms with Gasteiger partial charge in [-0.3, -0.25) is 0 Å². The first-order valence-corrected chi connectivity index (χ1v) is 12.1. The van der Waals surface area contributed by atoms with Crippen LogP contribution >= 0.6 is 0 Å². The van der Waals surface area contributed by atoms with Crippen LogP contribution in [0.3, 0.4) is 0 Å². The molecule has 186 valence electrons. The molecular weight excluding hydrogens is 436 g/mol. The summed E-state index contributed by atoms with van der Waals surface area (Å²) in [4.78, 5) is 8.35. The number of hydrogen-bond donors (Lipinski definition) is 1. The first-order chi connectivity index (χ1) is 16.6. The van der Waals surface area contributed by atoms with Crippen LogP contribution in [-0.2, 0) is 4.74 Å². The second-order valence-electron chi connectivity index (χ2n) is 7.86. The first-order valence-electron chi connectivity index (χ1n) is 12.1. The minimum absolute atomic E-state index is 0.338. The topological polar surface area (TPSA) is 62.6 Å². The molecule has 0 bridgehead atoms. The molecule has 0 aromatic carbocycles. The van der Waals surface area contributed by atoms with E-state index in [2.05, 4.69) is 27.3 Å². The van der Waals surface area contributed by atoms with E-state index in [-0.39, 0.29) is 11.7 Å². The van der Waals surface area contributed by atoms with Gasteiger partial charge in [0.05, 0.1) is 18.9 Å². The van der Waals surface area contributed by atoms with E-state index in [1.165, 1.54) is 49.0 Å². The predicted molar refractivity (Wildman–Crippen MR) is 135 cm³/mol. The molecule has 1 N–H and O–H groups in total. The van der Waals surface area contributed by atoms with Gasteiger partial charge in [0.15, 0.2) is 0 Å². The molecule has 4 aliphatic rings. The summed E-state index contributed by atoms with van der Waals surface area (Å²) in [6.07, 6.45) is 16.3. The Morgan fingerprint density at radius 2 is 1.71 bits per heavy atom. The number of rotatable bonds is 1. The molecule has 1 saturated heterocycles. The molecule has 0 radical (unpaired) electrons. The highest BCUT2D eigenvalue weighted by atomic mass is 19.1. The summed E-state index contributed by atoms with van der Waals surface area (Å²) in [6.45, 7) is 9.82. The lowest BCUT2D eigenvalue weighted by Crippen LogP contribution is -2.26. The predicted octanol–water partition coefficient (Wildman–Crippen LogP) is 5.83. The lowest BCUT2D eigenvalue weighted by Gasteiger charge is -2.20. The van der Waals surface area contributed by atoms with E-state index in [4.69, 9.17) is 4.74 Å². The van der Waals surface area contributed by atoms with Gasteiger partial charge in [-0.1, -0.05) is 26.7 Å². The number of halogens is 2. The molecular formula is C26H37F2N5O. The van der Waals surface area contributed by atoms with Crippen molar-refractivity contribution in [3.63, 3.8) is 0 Å². The molecule has 0 saturated carbocycles. The Balaban J connectivity index is 0.000000186. The first kappa shape index (κ1) is 27.5. The lowest BCUT2D eigenvalue weighted by atomic mass is 10.1. The van der Waals surface area contributed by atoms with Crippen molar-refractivity contribution < 1.29 is 13.5 Å². The van der Waals surface area contributed by atoms with E-state index in [0.29, 0.717) is 18.5 Å². The summed E-state index contributed by atoms with van der Waals surface area (Å²) in [6, 6.07) is 1.80. The standard InChI is InChI=1S/C10H11N5.C7H6F2.C7H14O.C2H6/c1-2-12-10(13-3-1)15-7-9-5-11-4-8(9)6-14-15;8-6-2-1-3-7(9)5-4-6;1-7-5-3-2-4-6-8-7;1-2/h1-3,6,11H,4-5,7H2;2-5H,1H2;7H,2-6H2,1H3;1-2H3. The molecule has 3 aliphatic heterocycles. The summed E-state index contributed by atoms with van der Waals surface area (Å²) in [5.41, 5.74) is 2.69. The maximum absolute atomic E-state index is 12.2. The molecule has 0 spiro atoms. The van der Waals surface area contributed by atoms with E-state index >= 15 is 0 Å². The maximum Gasteiger partial charge on any atom is 0.246 e. The Morgan fingerprint density at radius 3 is 2.41 bits per heavy atom. The van der Waals surface area contributed by atoms with Crippen LogP contribution < -0.4 is 10.3 Å². The second-order valence-corrected chi connectivity index (χ2v) is 7.86. The van der Waals surface area contributed by atoms with E-state index in [0.717, 1.165) is 38.4 Å². The number of allylic oxidation sites excluding steroid dienone is 6. The third kappa shape index (κ3) is 10.1. The zero-order chi connectivity index (χ0) is 24.6. The molecule has 6 nitrogen and oxygen atoms in total. The van der Waals surface area contributed by atoms with Crippen LogP contribution in [0.4, 0.5) is 14.7 Å². The Bertz CT molecular complexity index is 852. The van der Waals surface area contributed by atoms with Crippen molar-refractivity contribution in [2.45, 2.75) is 59.0 Å².